The Labute approximate surface area is 109 Å². The Morgan fingerprint density at radius 3 is 2.83 bits per heavy atom. The molecule has 0 aliphatic carbocycles. The number of hydrogen-bond acceptors (Lipinski definition) is 6. The van der Waals surface area contributed by atoms with Crippen molar-refractivity contribution in [2.45, 2.75) is 26.8 Å². The van der Waals surface area contributed by atoms with Gasteiger partial charge in [0.2, 0.25) is 5.89 Å². The first-order valence-electron chi connectivity index (χ1n) is 6.36. The van der Waals surface area contributed by atoms with Crippen LogP contribution in [0.4, 0.5) is 6.01 Å². The van der Waals surface area contributed by atoms with Crippen LogP contribution < -0.4 is 10.2 Å². The fraction of sp³-hybridized carbons (Fsp3) is 0.833. The molecule has 0 aliphatic rings. The van der Waals surface area contributed by atoms with Crippen LogP contribution in [0.5, 0.6) is 0 Å². The molecule has 1 aromatic rings. The number of aromatic nitrogens is 2. The number of anilines is 1. The van der Waals surface area contributed by atoms with Crippen molar-refractivity contribution in [1.29, 1.82) is 0 Å². The van der Waals surface area contributed by atoms with E-state index in [2.05, 4.69) is 29.4 Å². The molecule has 0 spiro atoms. The van der Waals surface area contributed by atoms with Crippen LogP contribution in [0.15, 0.2) is 4.42 Å². The van der Waals surface area contributed by atoms with Crippen LogP contribution in [-0.4, -0.2) is 44.1 Å². The molecule has 18 heavy (non-hydrogen) atoms. The van der Waals surface area contributed by atoms with Crippen molar-refractivity contribution in [3.05, 3.63) is 5.89 Å². The number of ether oxygens (including phenoxy) is 1. The van der Waals surface area contributed by atoms with E-state index in [1.165, 1.54) is 0 Å². The minimum atomic E-state index is 0.578. The summed E-state index contributed by atoms with van der Waals surface area (Å²) in [5.74, 6) is 1.28. The van der Waals surface area contributed by atoms with Gasteiger partial charge >= 0.3 is 6.01 Å². The lowest BCUT2D eigenvalue weighted by atomic mass is 10.1. The zero-order valence-electron chi connectivity index (χ0n) is 11.8. The molecule has 6 nitrogen and oxygen atoms in total. The summed E-state index contributed by atoms with van der Waals surface area (Å²) >= 11 is 0. The van der Waals surface area contributed by atoms with Gasteiger partial charge in [0.15, 0.2) is 0 Å². The maximum absolute atomic E-state index is 5.56. The third-order valence-corrected chi connectivity index (χ3v) is 2.58. The van der Waals surface area contributed by atoms with E-state index in [1.54, 1.807) is 7.11 Å². The maximum atomic E-state index is 5.56. The van der Waals surface area contributed by atoms with Gasteiger partial charge in [-0.1, -0.05) is 18.9 Å². The van der Waals surface area contributed by atoms with Gasteiger partial charge in [-0.3, -0.25) is 0 Å². The minimum absolute atomic E-state index is 0.578. The van der Waals surface area contributed by atoms with E-state index in [1.807, 2.05) is 11.9 Å². The van der Waals surface area contributed by atoms with Crippen molar-refractivity contribution in [2.24, 2.45) is 5.92 Å². The number of nitrogens with zero attached hydrogens (tertiary/aromatic N) is 3. The van der Waals surface area contributed by atoms with E-state index >= 15 is 0 Å². The topological polar surface area (TPSA) is 63.4 Å². The van der Waals surface area contributed by atoms with E-state index in [-0.39, 0.29) is 0 Å². The molecule has 0 unspecified atom stereocenters. The minimum Gasteiger partial charge on any atom is -0.407 e. The second-order valence-corrected chi connectivity index (χ2v) is 4.75. The van der Waals surface area contributed by atoms with Crippen LogP contribution in [0.3, 0.4) is 0 Å². The van der Waals surface area contributed by atoms with Crippen molar-refractivity contribution >= 4 is 6.01 Å². The molecule has 0 saturated heterocycles. The van der Waals surface area contributed by atoms with Crippen LogP contribution in [0.25, 0.3) is 0 Å². The van der Waals surface area contributed by atoms with Crippen molar-refractivity contribution in [1.82, 2.24) is 15.5 Å². The average molecular weight is 256 g/mol. The smallest absolute Gasteiger partial charge is 0.317 e. The van der Waals surface area contributed by atoms with E-state index in [0.717, 1.165) is 19.5 Å². The molecule has 0 bridgehead atoms. The molecule has 0 aromatic carbocycles. The van der Waals surface area contributed by atoms with Crippen molar-refractivity contribution in [2.75, 3.05) is 38.8 Å². The van der Waals surface area contributed by atoms with Crippen LogP contribution >= 0.6 is 0 Å². The lowest BCUT2D eigenvalue weighted by Crippen LogP contribution is -2.20. The first kappa shape index (κ1) is 14.9. The zero-order valence-corrected chi connectivity index (χ0v) is 11.8. The number of hydrogen-bond donors (Lipinski definition) is 1. The normalized spacial score (nSPS) is 11.2. The molecule has 0 fully saturated rings. The number of rotatable bonds is 9. The molecule has 104 valence electrons. The van der Waals surface area contributed by atoms with Gasteiger partial charge in [0.25, 0.3) is 0 Å². The highest BCUT2D eigenvalue weighted by Crippen LogP contribution is 2.12. The van der Waals surface area contributed by atoms with Gasteiger partial charge < -0.3 is 19.4 Å². The fourth-order valence-corrected chi connectivity index (χ4v) is 1.39. The van der Waals surface area contributed by atoms with Crippen LogP contribution in [0.1, 0.15) is 26.2 Å². The summed E-state index contributed by atoms with van der Waals surface area (Å²) in [4.78, 5) is 1.99. The third-order valence-electron chi connectivity index (χ3n) is 2.58. The van der Waals surface area contributed by atoms with Gasteiger partial charge in [-0.15, -0.1) is 5.10 Å². The average Bonchev–Trinajstić information content (AvgIpc) is 2.80. The SMILES string of the molecule is COCCNCc1nnc(N(C)CCC(C)C)o1. The summed E-state index contributed by atoms with van der Waals surface area (Å²) in [6, 6.07) is 0.583. The standard InChI is InChI=1S/C12H24N4O2/c1-10(2)5-7-16(3)12-15-14-11(18-12)9-13-6-8-17-4/h10,13H,5-9H2,1-4H3. The van der Waals surface area contributed by atoms with Crippen LogP contribution in [0, 0.1) is 5.92 Å². The summed E-state index contributed by atoms with van der Waals surface area (Å²) in [5.41, 5.74) is 0. The van der Waals surface area contributed by atoms with Crippen LogP contribution in [-0.2, 0) is 11.3 Å². The summed E-state index contributed by atoms with van der Waals surface area (Å²) in [5, 5.41) is 11.2. The molecule has 0 amide bonds. The van der Waals surface area contributed by atoms with Gasteiger partial charge in [0.1, 0.15) is 0 Å². The quantitative estimate of drug-likeness (QED) is 0.672. The summed E-state index contributed by atoms with van der Waals surface area (Å²) < 4.78 is 10.5. The fourth-order valence-electron chi connectivity index (χ4n) is 1.39. The second-order valence-electron chi connectivity index (χ2n) is 4.75. The Balaban J connectivity index is 2.32. The number of nitrogens with one attached hydrogen (secondary N) is 1. The lowest BCUT2D eigenvalue weighted by molar-refractivity contribution is 0.198. The predicted octanol–water partition coefficient (Wildman–Crippen LogP) is 1.29. The van der Waals surface area contributed by atoms with Crippen LogP contribution in [0.2, 0.25) is 0 Å². The van der Waals surface area contributed by atoms with Crippen molar-refractivity contribution in [3.63, 3.8) is 0 Å². The summed E-state index contributed by atoms with van der Waals surface area (Å²) in [6.45, 7) is 7.36. The Kier molecular flexibility index (Phi) is 6.67. The molecule has 1 aromatic heterocycles. The Morgan fingerprint density at radius 1 is 1.39 bits per heavy atom. The van der Waals surface area contributed by atoms with Crippen molar-refractivity contribution in [3.8, 4) is 0 Å². The molecule has 0 aliphatic heterocycles. The maximum Gasteiger partial charge on any atom is 0.317 e. The largest absolute Gasteiger partial charge is 0.407 e. The molecular weight excluding hydrogens is 232 g/mol. The molecule has 0 atom stereocenters. The molecule has 1 N–H and O–H groups in total. The third kappa shape index (κ3) is 5.46. The van der Waals surface area contributed by atoms with Gasteiger partial charge in [-0.05, 0) is 12.3 Å². The van der Waals surface area contributed by atoms with Gasteiger partial charge in [-0.25, -0.2) is 0 Å². The molecular formula is C12H24N4O2. The first-order valence-corrected chi connectivity index (χ1v) is 6.36. The Bertz CT molecular complexity index is 328. The molecule has 1 rings (SSSR count). The van der Waals surface area contributed by atoms with E-state index < -0.39 is 0 Å². The molecule has 0 radical (unpaired) electrons. The molecule has 1 heterocycles. The second kappa shape index (κ2) is 8.05. The van der Waals surface area contributed by atoms with E-state index in [0.29, 0.717) is 31.0 Å². The monoisotopic (exact) mass is 256 g/mol. The first-order chi connectivity index (χ1) is 8.63. The van der Waals surface area contributed by atoms with Gasteiger partial charge in [0, 0.05) is 27.2 Å². The lowest BCUT2D eigenvalue weighted by Gasteiger charge is -2.14. The predicted molar refractivity (Wildman–Crippen MR) is 70.6 cm³/mol. The Morgan fingerprint density at radius 2 is 2.17 bits per heavy atom. The van der Waals surface area contributed by atoms with Gasteiger partial charge in [-0.2, -0.15) is 0 Å². The highest BCUT2D eigenvalue weighted by Gasteiger charge is 2.10. The van der Waals surface area contributed by atoms with Gasteiger partial charge in [0.05, 0.1) is 13.2 Å². The zero-order chi connectivity index (χ0) is 13.4. The highest BCUT2D eigenvalue weighted by molar-refractivity contribution is 5.21. The molecule has 0 saturated carbocycles. The summed E-state index contributed by atoms with van der Waals surface area (Å²) in [6.07, 6.45) is 1.11. The van der Waals surface area contributed by atoms with Crippen molar-refractivity contribution < 1.29 is 9.15 Å². The summed E-state index contributed by atoms with van der Waals surface area (Å²) in [7, 11) is 3.65. The molecule has 6 heteroatoms. The van der Waals surface area contributed by atoms with E-state index in [9.17, 15) is 0 Å². The van der Waals surface area contributed by atoms with E-state index in [4.69, 9.17) is 9.15 Å². The number of methoxy groups -OCH3 is 1. The Hall–Kier alpha value is -1.14. The highest BCUT2D eigenvalue weighted by atomic mass is 16.5.